The molecule has 1 aromatic rings. The zero-order valence-electron chi connectivity index (χ0n) is 15.4. The molecule has 2 aliphatic rings. The van der Waals surface area contributed by atoms with Gasteiger partial charge in [-0.25, -0.2) is 8.42 Å². The van der Waals surface area contributed by atoms with E-state index >= 15 is 0 Å². The summed E-state index contributed by atoms with van der Waals surface area (Å²) >= 11 is 0. The zero-order valence-corrected chi connectivity index (χ0v) is 16.2. The summed E-state index contributed by atoms with van der Waals surface area (Å²) < 4.78 is 24.6. The number of piperazine rings is 1. The number of nitrogens with one attached hydrogen (secondary N) is 1. The van der Waals surface area contributed by atoms with Crippen molar-refractivity contribution in [2.45, 2.75) is 19.3 Å². The molecule has 0 aromatic heterocycles. The first-order chi connectivity index (χ1) is 12.4. The Labute approximate surface area is 156 Å². The molecule has 2 saturated heterocycles. The van der Waals surface area contributed by atoms with Crippen LogP contribution in [0.25, 0.3) is 0 Å². The number of para-hydroxylation sites is 2. The average molecular weight is 381 g/mol. The van der Waals surface area contributed by atoms with E-state index in [0.717, 1.165) is 24.5 Å². The SMILES string of the molecule is CS(=O)(=O)N1CCN(C(=O)CNc2ccccc2N2CCCCC2)CC1. The van der Waals surface area contributed by atoms with Crippen molar-refractivity contribution >= 4 is 27.3 Å². The van der Waals surface area contributed by atoms with Crippen molar-refractivity contribution in [3.8, 4) is 0 Å². The van der Waals surface area contributed by atoms with Crippen molar-refractivity contribution in [1.82, 2.24) is 9.21 Å². The first-order valence-electron chi connectivity index (χ1n) is 9.26. The van der Waals surface area contributed by atoms with Gasteiger partial charge in [-0.05, 0) is 31.4 Å². The van der Waals surface area contributed by atoms with E-state index in [1.807, 2.05) is 18.2 Å². The fourth-order valence-corrected chi connectivity index (χ4v) is 4.41. The summed E-state index contributed by atoms with van der Waals surface area (Å²) in [4.78, 5) is 16.6. The Morgan fingerprint density at radius 1 is 1.00 bits per heavy atom. The molecule has 8 heteroatoms. The molecule has 0 aliphatic carbocycles. The van der Waals surface area contributed by atoms with E-state index in [-0.39, 0.29) is 12.5 Å². The van der Waals surface area contributed by atoms with Gasteiger partial charge in [0.2, 0.25) is 15.9 Å². The third-order valence-corrected chi connectivity index (χ3v) is 6.39. The minimum absolute atomic E-state index is 0.00611. The maximum absolute atomic E-state index is 12.5. The summed E-state index contributed by atoms with van der Waals surface area (Å²) in [5.41, 5.74) is 2.14. The van der Waals surface area contributed by atoms with Crippen molar-refractivity contribution in [1.29, 1.82) is 0 Å². The predicted octanol–water partition coefficient (Wildman–Crippen LogP) is 1.19. The van der Waals surface area contributed by atoms with E-state index in [1.165, 1.54) is 29.8 Å². The number of amides is 1. The number of nitrogens with zero attached hydrogens (tertiary/aromatic N) is 3. The highest BCUT2D eigenvalue weighted by molar-refractivity contribution is 7.88. The predicted molar refractivity (Wildman–Crippen MR) is 104 cm³/mol. The standard InChI is InChI=1S/C18H28N4O3S/c1-26(24,25)22-13-11-21(12-14-22)18(23)15-19-16-7-3-4-8-17(16)20-9-5-2-6-10-20/h3-4,7-8,19H,2,5-6,9-15H2,1H3. The van der Waals surface area contributed by atoms with Gasteiger partial charge in [0.25, 0.3) is 0 Å². The van der Waals surface area contributed by atoms with E-state index in [2.05, 4.69) is 16.3 Å². The molecule has 1 aromatic carbocycles. The normalized spacial score (nSPS) is 19.4. The van der Waals surface area contributed by atoms with E-state index < -0.39 is 10.0 Å². The lowest BCUT2D eigenvalue weighted by Crippen LogP contribution is -2.51. The molecule has 1 N–H and O–H groups in total. The van der Waals surface area contributed by atoms with Crippen LogP contribution in [0, 0.1) is 0 Å². The summed E-state index contributed by atoms with van der Waals surface area (Å²) in [6, 6.07) is 8.12. The summed E-state index contributed by atoms with van der Waals surface area (Å²) in [7, 11) is -3.17. The Kier molecular flexibility index (Phi) is 6.03. The van der Waals surface area contributed by atoms with E-state index in [9.17, 15) is 13.2 Å². The Morgan fingerprint density at radius 3 is 2.31 bits per heavy atom. The fraction of sp³-hybridized carbons (Fsp3) is 0.611. The zero-order chi connectivity index (χ0) is 18.6. The van der Waals surface area contributed by atoms with Crippen LogP contribution < -0.4 is 10.2 Å². The van der Waals surface area contributed by atoms with Crippen molar-refractivity contribution < 1.29 is 13.2 Å². The van der Waals surface area contributed by atoms with E-state index in [1.54, 1.807) is 4.90 Å². The molecule has 0 spiro atoms. The van der Waals surface area contributed by atoms with Crippen LogP contribution in [0.15, 0.2) is 24.3 Å². The minimum Gasteiger partial charge on any atom is -0.374 e. The summed E-state index contributed by atoms with van der Waals surface area (Å²) in [6.07, 6.45) is 4.91. The molecule has 2 heterocycles. The molecule has 2 aliphatic heterocycles. The third kappa shape index (κ3) is 4.67. The van der Waals surface area contributed by atoms with Crippen molar-refractivity contribution in [3.05, 3.63) is 24.3 Å². The third-order valence-electron chi connectivity index (χ3n) is 5.09. The second kappa shape index (κ2) is 8.26. The van der Waals surface area contributed by atoms with Crippen molar-refractivity contribution in [2.75, 3.05) is 62.3 Å². The first kappa shape index (κ1) is 19.0. The van der Waals surface area contributed by atoms with Gasteiger partial charge in [-0.3, -0.25) is 4.79 Å². The smallest absolute Gasteiger partial charge is 0.241 e. The van der Waals surface area contributed by atoms with Crippen LogP contribution in [0.1, 0.15) is 19.3 Å². The number of rotatable bonds is 5. The van der Waals surface area contributed by atoms with Crippen molar-refractivity contribution in [2.24, 2.45) is 0 Å². The van der Waals surface area contributed by atoms with Crippen LogP contribution in [-0.4, -0.2) is 75.6 Å². The number of benzene rings is 1. The molecule has 144 valence electrons. The number of hydrogen-bond donors (Lipinski definition) is 1. The van der Waals surface area contributed by atoms with Gasteiger partial charge in [0.1, 0.15) is 0 Å². The van der Waals surface area contributed by atoms with E-state index in [0.29, 0.717) is 26.2 Å². The molecule has 0 unspecified atom stereocenters. The topological polar surface area (TPSA) is 73.0 Å². The maximum Gasteiger partial charge on any atom is 0.241 e. The highest BCUT2D eigenvalue weighted by Gasteiger charge is 2.26. The Hall–Kier alpha value is -1.80. The van der Waals surface area contributed by atoms with Gasteiger partial charge in [-0.1, -0.05) is 12.1 Å². The maximum atomic E-state index is 12.5. The summed E-state index contributed by atoms with van der Waals surface area (Å²) in [5.74, 6) is 0.00611. The highest BCUT2D eigenvalue weighted by atomic mass is 32.2. The Bertz CT molecular complexity index is 724. The molecular formula is C18H28N4O3S. The molecule has 0 bridgehead atoms. The van der Waals surface area contributed by atoms with Crippen LogP contribution in [0.2, 0.25) is 0 Å². The van der Waals surface area contributed by atoms with Crippen LogP contribution in [-0.2, 0) is 14.8 Å². The number of piperidine rings is 1. The Morgan fingerprint density at radius 2 is 1.65 bits per heavy atom. The lowest BCUT2D eigenvalue weighted by atomic mass is 10.1. The number of carbonyl (C=O) groups is 1. The van der Waals surface area contributed by atoms with Crippen molar-refractivity contribution in [3.63, 3.8) is 0 Å². The fourth-order valence-electron chi connectivity index (χ4n) is 3.59. The molecular weight excluding hydrogens is 352 g/mol. The molecule has 3 rings (SSSR count). The molecule has 2 fully saturated rings. The van der Waals surface area contributed by atoms with Gasteiger partial charge < -0.3 is 15.1 Å². The van der Waals surface area contributed by atoms with Gasteiger partial charge in [0.05, 0.1) is 24.2 Å². The molecule has 0 radical (unpaired) electrons. The summed E-state index contributed by atoms with van der Waals surface area (Å²) in [6.45, 7) is 3.97. The lowest BCUT2D eigenvalue weighted by molar-refractivity contribution is -0.130. The van der Waals surface area contributed by atoms with Gasteiger partial charge in [-0.2, -0.15) is 4.31 Å². The monoisotopic (exact) mass is 380 g/mol. The van der Waals surface area contributed by atoms with E-state index in [4.69, 9.17) is 0 Å². The Balaban J connectivity index is 1.55. The van der Waals surface area contributed by atoms with Gasteiger partial charge in [0, 0.05) is 39.3 Å². The molecule has 0 atom stereocenters. The molecule has 0 saturated carbocycles. The molecule has 1 amide bonds. The first-order valence-corrected chi connectivity index (χ1v) is 11.1. The molecule has 7 nitrogen and oxygen atoms in total. The van der Waals surface area contributed by atoms with Crippen LogP contribution in [0.5, 0.6) is 0 Å². The van der Waals surface area contributed by atoms with Crippen LogP contribution in [0.4, 0.5) is 11.4 Å². The molecule has 26 heavy (non-hydrogen) atoms. The van der Waals surface area contributed by atoms with Gasteiger partial charge >= 0.3 is 0 Å². The number of hydrogen-bond acceptors (Lipinski definition) is 5. The van der Waals surface area contributed by atoms with Gasteiger partial charge in [-0.15, -0.1) is 0 Å². The highest BCUT2D eigenvalue weighted by Crippen LogP contribution is 2.28. The number of sulfonamides is 1. The minimum atomic E-state index is -3.17. The van der Waals surface area contributed by atoms with Crippen LogP contribution >= 0.6 is 0 Å². The van der Waals surface area contributed by atoms with Crippen LogP contribution in [0.3, 0.4) is 0 Å². The summed E-state index contributed by atoms with van der Waals surface area (Å²) in [5, 5.41) is 3.28. The second-order valence-electron chi connectivity index (χ2n) is 6.96. The number of anilines is 2. The number of carbonyl (C=O) groups excluding carboxylic acids is 1. The average Bonchev–Trinajstić information content (AvgIpc) is 2.66. The second-order valence-corrected chi connectivity index (χ2v) is 8.94. The largest absolute Gasteiger partial charge is 0.374 e. The lowest BCUT2D eigenvalue weighted by Gasteiger charge is -2.34. The van der Waals surface area contributed by atoms with Gasteiger partial charge in [0.15, 0.2) is 0 Å². The quantitative estimate of drug-likeness (QED) is 0.831.